The number of amides is 4. The fraction of sp³-hybridized carbons (Fsp3) is 0.375. The molecule has 0 bridgehead atoms. The zero-order valence-corrected chi connectivity index (χ0v) is 13.7. The molecule has 0 saturated carbocycles. The maximum atomic E-state index is 12.4. The predicted molar refractivity (Wildman–Crippen MR) is 86.9 cm³/mol. The van der Waals surface area contributed by atoms with Gasteiger partial charge in [-0.3, -0.25) is 9.59 Å². The van der Waals surface area contributed by atoms with Gasteiger partial charge in [0.15, 0.2) is 0 Å². The molecule has 0 unspecified atom stereocenters. The minimum Gasteiger partial charge on any atom is -0.465 e. The highest BCUT2D eigenvalue weighted by atomic mass is 16.5. The van der Waals surface area contributed by atoms with Gasteiger partial charge in [0.25, 0.3) is 0 Å². The first-order valence-corrected chi connectivity index (χ1v) is 7.81. The minimum absolute atomic E-state index is 0.00801. The Labute approximate surface area is 143 Å². The van der Waals surface area contributed by atoms with Crippen LogP contribution in [0.4, 0.5) is 10.5 Å². The van der Waals surface area contributed by atoms with E-state index in [1.807, 2.05) is 0 Å². The van der Waals surface area contributed by atoms with Gasteiger partial charge in [-0.05, 0) is 24.3 Å². The van der Waals surface area contributed by atoms with Gasteiger partial charge in [0, 0.05) is 18.8 Å². The van der Waals surface area contributed by atoms with Crippen LogP contribution in [0.15, 0.2) is 24.3 Å². The number of urea groups is 1. The van der Waals surface area contributed by atoms with Gasteiger partial charge in [-0.1, -0.05) is 0 Å². The molecule has 2 saturated heterocycles. The largest absolute Gasteiger partial charge is 0.465 e. The van der Waals surface area contributed by atoms with E-state index >= 15 is 0 Å². The van der Waals surface area contributed by atoms with Crippen molar-refractivity contribution in [3.8, 4) is 0 Å². The fourth-order valence-corrected chi connectivity index (χ4v) is 2.88. The van der Waals surface area contributed by atoms with Crippen LogP contribution < -0.4 is 10.6 Å². The Kier molecular flexibility index (Phi) is 4.55. The maximum Gasteiger partial charge on any atom is 0.337 e. The molecular formula is C16H18N4O5. The summed E-state index contributed by atoms with van der Waals surface area (Å²) in [6.07, 6.45) is 0. The van der Waals surface area contributed by atoms with Crippen LogP contribution in [-0.2, 0) is 14.3 Å². The Hall–Kier alpha value is -3.10. The zero-order valence-electron chi connectivity index (χ0n) is 13.7. The van der Waals surface area contributed by atoms with E-state index < -0.39 is 12.0 Å². The Balaban J connectivity index is 1.63. The second-order valence-corrected chi connectivity index (χ2v) is 5.77. The van der Waals surface area contributed by atoms with Crippen molar-refractivity contribution in [3.05, 3.63) is 29.8 Å². The molecule has 2 N–H and O–H groups in total. The lowest BCUT2D eigenvalue weighted by Gasteiger charge is -2.42. The van der Waals surface area contributed by atoms with Crippen molar-refractivity contribution < 1.29 is 23.9 Å². The molecule has 0 aliphatic carbocycles. The first kappa shape index (κ1) is 16.7. The maximum absolute atomic E-state index is 12.4. The van der Waals surface area contributed by atoms with Crippen molar-refractivity contribution in [2.24, 2.45) is 0 Å². The van der Waals surface area contributed by atoms with Crippen LogP contribution in [0.3, 0.4) is 0 Å². The first-order chi connectivity index (χ1) is 12.0. The molecule has 9 nitrogen and oxygen atoms in total. The fourth-order valence-electron chi connectivity index (χ4n) is 2.88. The lowest BCUT2D eigenvalue weighted by Crippen LogP contribution is -2.66. The number of benzene rings is 1. The van der Waals surface area contributed by atoms with E-state index in [0.29, 0.717) is 24.3 Å². The molecule has 25 heavy (non-hydrogen) atoms. The number of rotatable bonds is 2. The third-order valence-electron chi connectivity index (χ3n) is 4.26. The Morgan fingerprint density at radius 1 is 1.20 bits per heavy atom. The van der Waals surface area contributed by atoms with Crippen LogP contribution in [0.2, 0.25) is 0 Å². The number of hydrogen-bond donors (Lipinski definition) is 2. The van der Waals surface area contributed by atoms with Crippen molar-refractivity contribution in [2.45, 2.75) is 6.04 Å². The molecule has 1 atom stereocenters. The molecule has 0 spiro atoms. The van der Waals surface area contributed by atoms with Crippen LogP contribution in [0.5, 0.6) is 0 Å². The number of hydrogen-bond acceptors (Lipinski definition) is 5. The molecule has 1 aromatic carbocycles. The number of methoxy groups -OCH3 is 1. The standard InChI is InChI=1S/C16H18N4O5/c1-25-15(23)10-2-4-11(5-3-10)18-16(24)19-6-7-20-12(9-19)14(22)17-8-13(20)21/h2-5,12H,6-9H2,1H3,(H,17,22)(H,18,24)/t12-/m1/s1. The molecule has 0 aromatic heterocycles. The number of fused-ring (bicyclic) bond motifs is 1. The number of piperazine rings is 2. The van der Waals surface area contributed by atoms with E-state index in [4.69, 9.17) is 0 Å². The van der Waals surface area contributed by atoms with Gasteiger partial charge < -0.3 is 25.2 Å². The molecule has 9 heteroatoms. The molecule has 2 fully saturated rings. The van der Waals surface area contributed by atoms with Crippen LogP contribution >= 0.6 is 0 Å². The summed E-state index contributed by atoms with van der Waals surface area (Å²) in [7, 11) is 1.30. The van der Waals surface area contributed by atoms with Crippen molar-refractivity contribution in [1.82, 2.24) is 15.1 Å². The van der Waals surface area contributed by atoms with E-state index in [2.05, 4.69) is 15.4 Å². The SMILES string of the molecule is COC(=O)c1ccc(NC(=O)N2CCN3C(=O)CNC(=O)[C@H]3C2)cc1. The topological polar surface area (TPSA) is 108 Å². The van der Waals surface area contributed by atoms with Gasteiger partial charge in [-0.2, -0.15) is 0 Å². The van der Waals surface area contributed by atoms with Crippen molar-refractivity contribution in [3.63, 3.8) is 0 Å². The highest BCUT2D eigenvalue weighted by Gasteiger charge is 2.39. The van der Waals surface area contributed by atoms with Crippen LogP contribution in [-0.4, -0.2) is 72.9 Å². The van der Waals surface area contributed by atoms with Crippen LogP contribution in [0.25, 0.3) is 0 Å². The third-order valence-corrected chi connectivity index (χ3v) is 4.26. The summed E-state index contributed by atoms with van der Waals surface area (Å²) in [5.41, 5.74) is 0.899. The molecule has 3 rings (SSSR count). The van der Waals surface area contributed by atoms with Gasteiger partial charge in [0.05, 0.1) is 25.8 Å². The molecule has 4 amide bonds. The number of esters is 1. The molecule has 1 aromatic rings. The lowest BCUT2D eigenvalue weighted by atomic mass is 10.1. The van der Waals surface area contributed by atoms with Crippen molar-refractivity contribution >= 4 is 29.5 Å². The smallest absolute Gasteiger partial charge is 0.337 e. The normalized spacial score (nSPS) is 19.8. The highest BCUT2D eigenvalue weighted by molar-refractivity contribution is 5.96. The molecule has 0 radical (unpaired) electrons. The number of nitrogens with zero attached hydrogens (tertiary/aromatic N) is 2. The summed E-state index contributed by atoms with van der Waals surface area (Å²) in [6.45, 7) is 0.824. The number of anilines is 1. The Morgan fingerprint density at radius 2 is 1.92 bits per heavy atom. The lowest BCUT2D eigenvalue weighted by molar-refractivity contribution is -0.148. The van der Waals surface area contributed by atoms with Crippen molar-refractivity contribution in [2.75, 3.05) is 38.6 Å². The number of carbonyl (C=O) groups is 4. The predicted octanol–water partition coefficient (Wildman–Crippen LogP) is -0.352. The summed E-state index contributed by atoms with van der Waals surface area (Å²) in [6, 6.07) is 5.27. The van der Waals surface area contributed by atoms with Gasteiger partial charge in [-0.15, -0.1) is 0 Å². The quantitative estimate of drug-likeness (QED) is 0.712. The number of carbonyl (C=O) groups excluding carboxylic acids is 4. The third kappa shape index (κ3) is 3.39. The van der Waals surface area contributed by atoms with Crippen LogP contribution in [0.1, 0.15) is 10.4 Å². The Bertz CT molecular complexity index is 718. The van der Waals surface area contributed by atoms with E-state index in [0.717, 1.165) is 0 Å². The van der Waals surface area contributed by atoms with Crippen molar-refractivity contribution in [1.29, 1.82) is 0 Å². The summed E-state index contributed by atoms with van der Waals surface area (Å²) in [4.78, 5) is 50.5. The zero-order chi connectivity index (χ0) is 18.0. The van der Waals surface area contributed by atoms with E-state index in [1.165, 1.54) is 16.9 Å². The van der Waals surface area contributed by atoms with E-state index in [1.54, 1.807) is 24.3 Å². The Morgan fingerprint density at radius 3 is 2.60 bits per heavy atom. The monoisotopic (exact) mass is 346 g/mol. The number of ether oxygens (including phenoxy) is 1. The molecule has 2 aliphatic heterocycles. The average Bonchev–Trinajstić information content (AvgIpc) is 2.64. The van der Waals surface area contributed by atoms with Crippen LogP contribution in [0, 0.1) is 0 Å². The minimum atomic E-state index is -0.651. The molecule has 2 aliphatic rings. The van der Waals surface area contributed by atoms with Gasteiger partial charge in [0.1, 0.15) is 6.04 Å². The summed E-state index contributed by atoms with van der Waals surface area (Å²) >= 11 is 0. The summed E-state index contributed by atoms with van der Waals surface area (Å²) < 4.78 is 4.62. The number of nitrogens with one attached hydrogen (secondary N) is 2. The summed E-state index contributed by atoms with van der Waals surface area (Å²) in [5, 5.41) is 5.25. The molecular weight excluding hydrogens is 328 g/mol. The van der Waals surface area contributed by atoms with E-state index in [9.17, 15) is 19.2 Å². The van der Waals surface area contributed by atoms with Gasteiger partial charge in [0.2, 0.25) is 11.8 Å². The highest BCUT2D eigenvalue weighted by Crippen LogP contribution is 2.16. The summed E-state index contributed by atoms with van der Waals surface area (Å²) in [5.74, 6) is -0.843. The molecule has 2 heterocycles. The molecule has 132 valence electrons. The second-order valence-electron chi connectivity index (χ2n) is 5.77. The second kappa shape index (κ2) is 6.80. The van der Waals surface area contributed by atoms with Gasteiger partial charge in [-0.25, -0.2) is 9.59 Å². The van der Waals surface area contributed by atoms with Gasteiger partial charge >= 0.3 is 12.0 Å². The van der Waals surface area contributed by atoms with E-state index in [-0.39, 0.29) is 30.9 Å². The average molecular weight is 346 g/mol. The first-order valence-electron chi connectivity index (χ1n) is 7.81.